The minimum Gasteiger partial charge on any atom is -0.353 e. The van der Waals surface area contributed by atoms with E-state index in [1.807, 2.05) is 47.0 Å². The minimum absolute atomic E-state index is 0.0350. The van der Waals surface area contributed by atoms with Crippen molar-refractivity contribution in [3.05, 3.63) is 74.0 Å². The lowest BCUT2D eigenvalue weighted by Gasteiger charge is -2.14. The van der Waals surface area contributed by atoms with Crippen molar-refractivity contribution >= 4 is 51.6 Å². The maximum Gasteiger partial charge on any atom is 0.278 e. The van der Waals surface area contributed by atoms with Crippen molar-refractivity contribution in [1.82, 2.24) is 19.4 Å². The zero-order valence-electron chi connectivity index (χ0n) is 19.6. The SMILES string of the molecule is Cc1ccc(-n2c(=S)sc3c(=O)n(-c4ccccc4)c(SCC(=O)NC4CCCC4)nc32)cc1C. The Bertz CT molecular complexity index is 1520. The number of aryl methyl sites for hydroxylation is 2. The van der Waals surface area contributed by atoms with Crippen LogP contribution in [0.1, 0.15) is 36.8 Å². The summed E-state index contributed by atoms with van der Waals surface area (Å²) in [5, 5.41) is 3.59. The molecule has 6 nitrogen and oxygen atoms in total. The summed E-state index contributed by atoms with van der Waals surface area (Å²) in [7, 11) is 0. The lowest BCUT2D eigenvalue weighted by molar-refractivity contribution is -0.119. The highest BCUT2D eigenvalue weighted by Gasteiger charge is 2.21. The molecule has 1 saturated carbocycles. The molecule has 1 aliphatic rings. The van der Waals surface area contributed by atoms with Crippen LogP contribution in [0.2, 0.25) is 0 Å². The van der Waals surface area contributed by atoms with Gasteiger partial charge in [0, 0.05) is 11.7 Å². The molecule has 0 spiro atoms. The Morgan fingerprint density at radius 3 is 2.54 bits per heavy atom. The third-order valence-electron chi connectivity index (χ3n) is 6.39. The predicted octanol–water partition coefficient (Wildman–Crippen LogP) is 5.74. The van der Waals surface area contributed by atoms with Crippen LogP contribution in [0.5, 0.6) is 0 Å². The second-order valence-electron chi connectivity index (χ2n) is 8.83. The molecule has 1 aliphatic carbocycles. The minimum atomic E-state index is -0.182. The molecule has 4 aromatic rings. The van der Waals surface area contributed by atoms with E-state index in [0.29, 0.717) is 25.1 Å². The molecule has 2 heterocycles. The third-order valence-corrected chi connectivity index (χ3v) is 8.68. The van der Waals surface area contributed by atoms with Crippen molar-refractivity contribution in [2.75, 3.05) is 5.75 Å². The number of amides is 1. The van der Waals surface area contributed by atoms with Crippen LogP contribution in [0.15, 0.2) is 58.5 Å². The number of para-hydroxylation sites is 1. The molecular formula is C26H26N4O2S3. The van der Waals surface area contributed by atoms with Crippen molar-refractivity contribution < 1.29 is 4.79 Å². The summed E-state index contributed by atoms with van der Waals surface area (Å²) in [5.74, 6) is 0.155. The Morgan fingerprint density at radius 1 is 1.09 bits per heavy atom. The molecule has 1 N–H and O–H groups in total. The average molecular weight is 523 g/mol. The van der Waals surface area contributed by atoms with Gasteiger partial charge in [-0.3, -0.25) is 18.7 Å². The van der Waals surface area contributed by atoms with Crippen LogP contribution in [-0.2, 0) is 4.79 Å². The van der Waals surface area contributed by atoms with E-state index < -0.39 is 0 Å². The fraction of sp³-hybridized carbons (Fsp3) is 0.308. The lowest BCUT2D eigenvalue weighted by Crippen LogP contribution is -2.34. The number of fused-ring (bicyclic) bond motifs is 1. The molecule has 35 heavy (non-hydrogen) atoms. The molecule has 2 aromatic heterocycles. The van der Waals surface area contributed by atoms with E-state index in [9.17, 15) is 9.59 Å². The van der Waals surface area contributed by atoms with Gasteiger partial charge in [-0.1, -0.05) is 60.2 Å². The van der Waals surface area contributed by atoms with E-state index >= 15 is 0 Å². The van der Waals surface area contributed by atoms with Gasteiger partial charge in [0.2, 0.25) is 5.91 Å². The normalized spacial score (nSPS) is 14.0. The Labute approximate surface area is 217 Å². The lowest BCUT2D eigenvalue weighted by atomic mass is 10.1. The van der Waals surface area contributed by atoms with Crippen LogP contribution in [0, 0.1) is 17.8 Å². The standard InChI is InChI=1S/C26H26N4O2S3/c1-16-12-13-20(14-17(16)2)29-23-22(35-26(29)33)24(32)30(19-10-4-3-5-11-19)25(28-23)34-15-21(31)27-18-8-6-7-9-18/h3-5,10-14,18H,6-9,15H2,1-2H3,(H,27,31). The van der Waals surface area contributed by atoms with E-state index in [2.05, 4.69) is 25.2 Å². The Kier molecular flexibility index (Phi) is 6.91. The molecule has 1 fully saturated rings. The number of nitrogens with one attached hydrogen (secondary N) is 1. The number of aromatic nitrogens is 3. The molecule has 9 heteroatoms. The first-order valence-electron chi connectivity index (χ1n) is 11.7. The Balaban J connectivity index is 1.61. The fourth-order valence-electron chi connectivity index (χ4n) is 4.40. The summed E-state index contributed by atoms with van der Waals surface area (Å²) in [6.07, 6.45) is 4.37. The van der Waals surface area contributed by atoms with Gasteiger partial charge in [0.15, 0.2) is 14.8 Å². The monoisotopic (exact) mass is 522 g/mol. The first-order chi connectivity index (χ1) is 16.9. The first kappa shape index (κ1) is 24.0. The highest BCUT2D eigenvalue weighted by molar-refractivity contribution is 7.99. The fourth-order valence-corrected chi connectivity index (χ4v) is 6.52. The number of nitrogens with zero attached hydrogens (tertiary/aromatic N) is 3. The zero-order valence-corrected chi connectivity index (χ0v) is 22.1. The van der Waals surface area contributed by atoms with Crippen molar-refractivity contribution in [3.8, 4) is 11.4 Å². The van der Waals surface area contributed by atoms with Gasteiger partial charge in [0.05, 0.1) is 11.4 Å². The topological polar surface area (TPSA) is 68.9 Å². The van der Waals surface area contributed by atoms with Crippen LogP contribution in [0.25, 0.3) is 21.7 Å². The van der Waals surface area contributed by atoms with Gasteiger partial charge in [0.1, 0.15) is 4.70 Å². The molecular weight excluding hydrogens is 497 g/mol. The van der Waals surface area contributed by atoms with Gasteiger partial charge in [-0.05, 0) is 74.3 Å². The Morgan fingerprint density at radius 2 is 1.83 bits per heavy atom. The van der Waals surface area contributed by atoms with Crippen molar-refractivity contribution in [1.29, 1.82) is 0 Å². The van der Waals surface area contributed by atoms with E-state index in [1.165, 1.54) is 28.7 Å². The van der Waals surface area contributed by atoms with Crippen LogP contribution in [0.3, 0.4) is 0 Å². The molecule has 0 saturated heterocycles. The quantitative estimate of drug-likeness (QED) is 0.199. The number of hydrogen-bond donors (Lipinski definition) is 1. The number of carbonyl (C=O) groups excluding carboxylic acids is 1. The van der Waals surface area contributed by atoms with Crippen LogP contribution in [-0.4, -0.2) is 31.8 Å². The number of carbonyl (C=O) groups is 1. The smallest absolute Gasteiger partial charge is 0.278 e. The molecule has 1 amide bonds. The maximum atomic E-state index is 13.8. The molecule has 180 valence electrons. The summed E-state index contributed by atoms with van der Waals surface area (Å²) >= 11 is 8.23. The number of benzene rings is 2. The summed E-state index contributed by atoms with van der Waals surface area (Å²) < 4.78 is 4.51. The van der Waals surface area contributed by atoms with E-state index in [-0.39, 0.29) is 23.3 Å². The molecule has 0 aliphatic heterocycles. The summed E-state index contributed by atoms with van der Waals surface area (Å²) in [6, 6.07) is 15.8. The molecule has 0 bridgehead atoms. The molecule has 0 atom stereocenters. The van der Waals surface area contributed by atoms with Gasteiger partial charge < -0.3 is 5.32 Å². The predicted molar refractivity (Wildman–Crippen MR) is 146 cm³/mol. The van der Waals surface area contributed by atoms with Crippen LogP contribution in [0.4, 0.5) is 0 Å². The van der Waals surface area contributed by atoms with Gasteiger partial charge in [-0.2, -0.15) is 0 Å². The summed E-state index contributed by atoms with van der Waals surface area (Å²) in [4.78, 5) is 31.3. The van der Waals surface area contributed by atoms with Crippen molar-refractivity contribution in [2.24, 2.45) is 0 Å². The van der Waals surface area contributed by atoms with Gasteiger partial charge >= 0.3 is 0 Å². The molecule has 0 radical (unpaired) electrons. The van der Waals surface area contributed by atoms with Crippen molar-refractivity contribution in [3.63, 3.8) is 0 Å². The van der Waals surface area contributed by atoms with Crippen LogP contribution < -0.4 is 10.9 Å². The number of rotatable bonds is 6. The second-order valence-corrected chi connectivity index (χ2v) is 11.4. The first-order valence-corrected chi connectivity index (χ1v) is 13.9. The van der Waals surface area contributed by atoms with E-state index in [1.54, 1.807) is 4.57 Å². The van der Waals surface area contributed by atoms with Gasteiger partial charge in [-0.25, -0.2) is 4.98 Å². The summed E-state index contributed by atoms with van der Waals surface area (Å²) in [6.45, 7) is 4.11. The Hall–Kier alpha value is -2.75. The second kappa shape index (κ2) is 10.1. The molecule has 5 rings (SSSR count). The average Bonchev–Trinajstić information content (AvgIpc) is 3.47. The third kappa shape index (κ3) is 4.85. The van der Waals surface area contributed by atoms with Crippen molar-refractivity contribution in [2.45, 2.75) is 50.7 Å². The highest BCUT2D eigenvalue weighted by atomic mass is 32.2. The number of thiazole rings is 1. The maximum absolute atomic E-state index is 13.8. The van der Waals surface area contributed by atoms with Gasteiger partial charge in [0.25, 0.3) is 5.56 Å². The van der Waals surface area contributed by atoms with Gasteiger partial charge in [-0.15, -0.1) is 0 Å². The molecule has 0 unspecified atom stereocenters. The summed E-state index contributed by atoms with van der Waals surface area (Å²) in [5.41, 5.74) is 4.26. The van der Waals surface area contributed by atoms with Crippen LogP contribution >= 0.6 is 35.3 Å². The molecule has 2 aromatic carbocycles. The number of thioether (sulfide) groups is 1. The largest absolute Gasteiger partial charge is 0.353 e. The van der Waals surface area contributed by atoms with E-state index in [4.69, 9.17) is 17.2 Å². The van der Waals surface area contributed by atoms with E-state index in [0.717, 1.165) is 36.9 Å². The highest BCUT2D eigenvalue weighted by Crippen LogP contribution is 2.28. The number of hydrogen-bond acceptors (Lipinski definition) is 6. The zero-order chi connectivity index (χ0) is 24.5.